The van der Waals surface area contributed by atoms with E-state index < -0.39 is 9.84 Å². The van der Waals surface area contributed by atoms with Gasteiger partial charge < -0.3 is 10.2 Å². The predicted octanol–water partition coefficient (Wildman–Crippen LogP) is -0.285. The summed E-state index contributed by atoms with van der Waals surface area (Å²) in [4.78, 5) is 2.40. The van der Waals surface area contributed by atoms with Crippen LogP contribution in [0.4, 0.5) is 0 Å². The van der Waals surface area contributed by atoms with E-state index in [1.807, 2.05) is 7.05 Å². The van der Waals surface area contributed by atoms with Gasteiger partial charge in [-0.1, -0.05) is 0 Å². The first-order valence-corrected chi connectivity index (χ1v) is 7.51. The van der Waals surface area contributed by atoms with Gasteiger partial charge in [-0.25, -0.2) is 8.42 Å². The van der Waals surface area contributed by atoms with E-state index in [1.54, 1.807) is 0 Å². The second-order valence-electron chi connectivity index (χ2n) is 4.80. The highest BCUT2D eigenvalue weighted by molar-refractivity contribution is 7.91. The monoisotopic (exact) mass is 232 g/mol. The molecule has 2 fully saturated rings. The van der Waals surface area contributed by atoms with Crippen LogP contribution in [0.1, 0.15) is 12.8 Å². The smallest absolute Gasteiger partial charge is 0.150 e. The topological polar surface area (TPSA) is 49.4 Å². The van der Waals surface area contributed by atoms with E-state index in [1.165, 1.54) is 6.42 Å². The van der Waals surface area contributed by atoms with Crippen LogP contribution in [0.3, 0.4) is 0 Å². The molecule has 2 rings (SSSR count). The van der Waals surface area contributed by atoms with Crippen LogP contribution in [-0.2, 0) is 9.84 Å². The number of likely N-dealkylation sites (tertiary alicyclic amines) is 1. The Balaban J connectivity index is 1.79. The van der Waals surface area contributed by atoms with E-state index in [9.17, 15) is 8.42 Å². The number of sulfone groups is 1. The fourth-order valence-corrected chi connectivity index (χ4v) is 4.46. The van der Waals surface area contributed by atoms with Crippen molar-refractivity contribution in [3.05, 3.63) is 0 Å². The number of hydrogen-bond acceptors (Lipinski definition) is 4. The molecule has 2 atom stereocenters. The van der Waals surface area contributed by atoms with Gasteiger partial charge in [0.2, 0.25) is 0 Å². The molecule has 0 aromatic rings. The number of rotatable bonds is 3. The molecule has 0 saturated carbocycles. The van der Waals surface area contributed by atoms with Crippen molar-refractivity contribution in [3.8, 4) is 0 Å². The molecule has 0 aliphatic carbocycles. The highest BCUT2D eigenvalue weighted by atomic mass is 32.2. The van der Waals surface area contributed by atoms with Crippen LogP contribution in [0, 0.1) is 5.92 Å². The van der Waals surface area contributed by atoms with Crippen LogP contribution in [0.2, 0.25) is 0 Å². The SMILES string of the molecule is CNC1CCN(CC2CCS(=O)(=O)C2)C1. The van der Waals surface area contributed by atoms with E-state index in [-0.39, 0.29) is 0 Å². The van der Waals surface area contributed by atoms with Crippen LogP contribution in [0.5, 0.6) is 0 Å². The van der Waals surface area contributed by atoms with Crippen molar-refractivity contribution in [2.75, 3.05) is 38.2 Å². The van der Waals surface area contributed by atoms with Crippen molar-refractivity contribution in [2.24, 2.45) is 5.92 Å². The van der Waals surface area contributed by atoms with Gasteiger partial charge >= 0.3 is 0 Å². The minimum atomic E-state index is -2.70. The minimum Gasteiger partial charge on any atom is -0.316 e. The summed E-state index contributed by atoms with van der Waals surface area (Å²) in [5, 5.41) is 3.28. The highest BCUT2D eigenvalue weighted by Gasteiger charge is 2.31. The van der Waals surface area contributed by atoms with Crippen LogP contribution in [0.15, 0.2) is 0 Å². The Morgan fingerprint density at radius 3 is 2.73 bits per heavy atom. The summed E-state index contributed by atoms with van der Waals surface area (Å²) in [5.74, 6) is 1.19. The molecule has 0 bridgehead atoms. The maximum Gasteiger partial charge on any atom is 0.150 e. The van der Waals surface area contributed by atoms with Gasteiger partial charge in [0.25, 0.3) is 0 Å². The van der Waals surface area contributed by atoms with E-state index >= 15 is 0 Å². The van der Waals surface area contributed by atoms with Gasteiger partial charge in [0.15, 0.2) is 9.84 Å². The van der Waals surface area contributed by atoms with Gasteiger partial charge in [0, 0.05) is 19.1 Å². The van der Waals surface area contributed by atoms with Crippen molar-refractivity contribution in [1.29, 1.82) is 0 Å². The Morgan fingerprint density at radius 2 is 2.20 bits per heavy atom. The lowest BCUT2D eigenvalue weighted by atomic mass is 10.1. The van der Waals surface area contributed by atoms with Crippen LogP contribution in [-0.4, -0.2) is 57.5 Å². The summed E-state index contributed by atoms with van der Waals surface area (Å²) in [7, 11) is -0.704. The zero-order valence-corrected chi connectivity index (χ0v) is 10.1. The number of likely N-dealkylation sites (N-methyl/N-ethyl adjacent to an activating group) is 1. The van der Waals surface area contributed by atoms with Gasteiger partial charge in [-0.2, -0.15) is 0 Å². The lowest BCUT2D eigenvalue weighted by Crippen LogP contribution is -2.32. The Bertz CT molecular complexity index is 315. The van der Waals surface area contributed by atoms with Crippen LogP contribution in [0.25, 0.3) is 0 Å². The molecule has 0 spiro atoms. The zero-order chi connectivity index (χ0) is 10.9. The maximum absolute atomic E-state index is 11.3. The highest BCUT2D eigenvalue weighted by Crippen LogP contribution is 2.21. The van der Waals surface area contributed by atoms with E-state index in [0.29, 0.717) is 23.5 Å². The van der Waals surface area contributed by atoms with Gasteiger partial charge in [-0.05, 0) is 32.4 Å². The molecule has 15 heavy (non-hydrogen) atoms. The lowest BCUT2D eigenvalue weighted by Gasteiger charge is -2.19. The molecule has 4 nitrogen and oxygen atoms in total. The second-order valence-corrected chi connectivity index (χ2v) is 7.03. The molecule has 2 heterocycles. The Labute approximate surface area is 91.9 Å². The third kappa shape index (κ3) is 2.92. The number of nitrogens with zero attached hydrogens (tertiary/aromatic N) is 1. The molecule has 0 radical (unpaired) electrons. The third-order valence-electron chi connectivity index (χ3n) is 3.52. The molecular weight excluding hydrogens is 212 g/mol. The quantitative estimate of drug-likeness (QED) is 0.727. The lowest BCUT2D eigenvalue weighted by molar-refractivity contribution is 0.284. The van der Waals surface area contributed by atoms with Gasteiger partial charge in [-0.3, -0.25) is 0 Å². The zero-order valence-electron chi connectivity index (χ0n) is 9.28. The largest absolute Gasteiger partial charge is 0.316 e. The van der Waals surface area contributed by atoms with Crippen molar-refractivity contribution < 1.29 is 8.42 Å². The molecule has 1 N–H and O–H groups in total. The first kappa shape index (κ1) is 11.4. The molecule has 0 amide bonds. The van der Waals surface area contributed by atoms with Crippen LogP contribution >= 0.6 is 0 Å². The summed E-state index contributed by atoms with van der Waals surface area (Å²) >= 11 is 0. The van der Waals surface area contributed by atoms with Crippen LogP contribution < -0.4 is 5.32 Å². The maximum atomic E-state index is 11.3. The predicted molar refractivity (Wildman–Crippen MR) is 60.7 cm³/mol. The van der Waals surface area contributed by atoms with E-state index in [4.69, 9.17) is 0 Å². The fraction of sp³-hybridized carbons (Fsp3) is 1.00. The van der Waals surface area contributed by atoms with Crippen molar-refractivity contribution in [2.45, 2.75) is 18.9 Å². The summed E-state index contributed by atoms with van der Waals surface area (Å²) in [6.07, 6.45) is 2.05. The minimum absolute atomic E-state index is 0.380. The Hall–Kier alpha value is -0.130. The third-order valence-corrected chi connectivity index (χ3v) is 5.36. The summed E-state index contributed by atoms with van der Waals surface area (Å²) in [6, 6.07) is 0.600. The first-order chi connectivity index (χ1) is 7.09. The Morgan fingerprint density at radius 1 is 1.40 bits per heavy atom. The number of nitrogens with one attached hydrogen (secondary N) is 1. The van der Waals surface area contributed by atoms with E-state index in [2.05, 4.69) is 10.2 Å². The summed E-state index contributed by atoms with van der Waals surface area (Å²) in [5.41, 5.74) is 0. The summed E-state index contributed by atoms with van der Waals surface area (Å²) in [6.45, 7) is 3.16. The average molecular weight is 232 g/mol. The van der Waals surface area contributed by atoms with Crippen molar-refractivity contribution in [1.82, 2.24) is 10.2 Å². The molecular formula is C10H20N2O2S. The van der Waals surface area contributed by atoms with Gasteiger partial charge in [0.1, 0.15) is 0 Å². The molecule has 2 aliphatic rings. The Kier molecular flexibility index (Phi) is 3.33. The fourth-order valence-electron chi connectivity index (χ4n) is 2.62. The molecule has 2 saturated heterocycles. The molecule has 2 unspecified atom stereocenters. The average Bonchev–Trinajstić information content (AvgIpc) is 2.73. The van der Waals surface area contributed by atoms with Crippen molar-refractivity contribution >= 4 is 9.84 Å². The molecule has 2 aliphatic heterocycles. The van der Waals surface area contributed by atoms with Gasteiger partial charge in [-0.15, -0.1) is 0 Å². The molecule has 88 valence electrons. The molecule has 5 heteroatoms. The summed E-state index contributed by atoms with van der Waals surface area (Å²) < 4.78 is 22.6. The van der Waals surface area contributed by atoms with E-state index in [0.717, 1.165) is 26.1 Å². The normalized spacial score (nSPS) is 36.1. The molecule has 0 aromatic carbocycles. The second kappa shape index (κ2) is 4.39. The first-order valence-electron chi connectivity index (χ1n) is 5.69. The molecule has 0 aromatic heterocycles. The van der Waals surface area contributed by atoms with Gasteiger partial charge in [0.05, 0.1) is 11.5 Å². The standard InChI is InChI=1S/C10H20N2O2S/c1-11-10-2-4-12(7-10)6-9-3-5-15(13,14)8-9/h9-11H,2-8H2,1H3. The van der Waals surface area contributed by atoms with Crippen molar-refractivity contribution in [3.63, 3.8) is 0 Å². The number of hydrogen-bond donors (Lipinski definition) is 1.